The Labute approximate surface area is 78.1 Å². The fourth-order valence-electron chi connectivity index (χ4n) is 0.800. The number of carbonyl (C=O) groups excluding carboxylic acids is 1. The molecule has 12 heavy (non-hydrogen) atoms. The molecule has 0 atom stereocenters. The van der Waals surface area contributed by atoms with E-state index >= 15 is 0 Å². The lowest BCUT2D eigenvalue weighted by Crippen LogP contribution is -2.46. The molecular weight excluding hydrogens is 174 g/mol. The molecule has 70 valence electrons. The molecule has 0 saturated heterocycles. The third-order valence-electron chi connectivity index (χ3n) is 1.42. The Balaban J connectivity index is 4.23. The summed E-state index contributed by atoms with van der Waals surface area (Å²) in [7, 11) is 1.58. The van der Waals surface area contributed by atoms with E-state index in [2.05, 4.69) is 5.32 Å². The molecule has 0 unspecified atom stereocenters. The summed E-state index contributed by atoms with van der Waals surface area (Å²) in [4.78, 5) is 13.1. The lowest BCUT2D eigenvalue weighted by molar-refractivity contribution is 0.195. The number of carbonyl (C=O) groups is 1. The van der Waals surface area contributed by atoms with Gasteiger partial charge >= 0.3 is 6.03 Å². The van der Waals surface area contributed by atoms with Crippen LogP contribution >= 0.6 is 12.2 Å². The van der Waals surface area contributed by atoms with E-state index in [4.69, 9.17) is 18.0 Å². The number of amides is 2. The molecule has 0 radical (unpaired) electrons. The Morgan fingerprint density at radius 2 is 2.17 bits per heavy atom. The molecule has 0 bridgehead atoms. The van der Waals surface area contributed by atoms with Crippen LogP contribution in [0.15, 0.2) is 0 Å². The summed E-state index contributed by atoms with van der Waals surface area (Å²) in [6.07, 6.45) is 0. The molecule has 3 N–H and O–H groups in total. The van der Waals surface area contributed by atoms with Gasteiger partial charge in [0.05, 0.1) is 11.5 Å². The fraction of sp³-hybridized carbons (Fsp3) is 0.714. The maximum absolute atomic E-state index is 11.2. The van der Waals surface area contributed by atoms with Crippen molar-refractivity contribution < 1.29 is 4.79 Å². The Kier molecular flexibility index (Phi) is 4.58. The third kappa shape index (κ3) is 3.52. The van der Waals surface area contributed by atoms with Crippen LogP contribution in [0.1, 0.15) is 13.8 Å². The van der Waals surface area contributed by atoms with Crippen LogP contribution in [0, 0.1) is 0 Å². The molecular formula is C7H15N3OS. The number of thiocarbonyl (C=S) groups is 1. The number of nitrogens with two attached hydrogens (primary N) is 1. The minimum Gasteiger partial charge on any atom is -0.392 e. The Morgan fingerprint density at radius 3 is 2.42 bits per heavy atom. The van der Waals surface area contributed by atoms with Crippen molar-refractivity contribution in [1.29, 1.82) is 0 Å². The largest absolute Gasteiger partial charge is 0.392 e. The molecule has 0 aromatic heterocycles. The van der Waals surface area contributed by atoms with Crippen LogP contribution < -0.4 is 11.1 Å². The van der Waals surface area contributed by atoms with Gasteiger partial charge in [-0.15, -0.1) is 0 Å². The molecule has 5 heteroatoms. The average Bonchev–Trinajstić information content (AvgIpc) is 1.98. The van der Waals surface area contributed by atoms with Crippen molar-refractivity contribution in [2.75, 3.05) is 13.6 Å². The molecule has 0 saturated carbocycles. The average molecular weight is 189 g/mol. The highest BCUT2D eigenvalue weighted by Gasteiger charge is 2.15. The van der Waals surface area contributed by atoms with Crippen LogP contribution in [0.5, 0.6) is 0 Å². The second kappa shape index (κ2) is 4.92. The molecule has 0 aliphatic carbocycles. The highest BCUT2D eigenvalue weighted by atomic mass is 32.1. The van der Waals surface area contributed by atoms with Crippen molar-refractivity contribution in [3.8, 4) is 0 Å². The van der Waals surface area contributed by atoms with Crippen LogP contribution in [-0.4, -0.2) is 35.6 Å². The zero-order chi connectivity index (χ0) is 9.72. The SMILES string of the molecule is CNC(=O)N(CC(N)=S)C(C)C. The van der Waals surface area contributed by atoms with Gasteiger partial charge in [-0.2, -0.15) is 0 Å². The Hall–Kier alpha value is -0.840. The molecule has 0 rings (SSSR count). The smallest absolute Gasteiger partial charge is 0.317 e. The minimum atomic E-state index is -0.155. The molecule has 0 aromatic carbocycles. The predicted octanol–water partition coefficient (Wildman–Crippen LogP) is 0.322. The highest BCUT2D eigenvalue weighted by molar-refractivity contribution is 7.80. The zero-order valence-electron chi connectivity index (χ0n) is 7.63. The van der Waals surface area contributed by atoms with Gasteiger partial charge in [0.15, 0.2) is 0 Å². The van der Waals surface area contributed by atoms with E-state index in [0.717, 1.165) is 0 Å². The maximum atomic E-state index is 11.2. The molecule has 0 aliphatic rings. The first-order valence-corrected chi connectivity index (χ1v) is 4.16. The number of nitrogens with one attached hydrogen (secondary N) is 1. The van der Waals surface area contributed by atoms with E-state index in [9.17, 15) is 4.79 Å². The van der Waals surface area contributed by atoms with Gasteiger partial charge in [0.25, 0.3) is 0 Å². The van der Waals surface area contributed by atoms with Gasteiger partial charge in [0.1, 0.15) is 0 Å². The number of nitrogens with zero attached hydrogens (tertiary/aromatic N) is 1. The van der Waals surface area contributed by atoms with E-state index in [1.54, 1.807) is 11.9 Å². The van der Waals surface area contributed by atoms with Crippen molar-refractivity contribution in [3.63, 3.8) is 0 Å². The van der Waals surface area contributed by atoms with Gasteiger partial charge in [0.2, 0.25) is 0 Å². The fourth-order valence-corrected chi connectivity index (χ4v) is 0.939. The van der Waals surface area contributed by atoms with E-state index in [1.165, 1.54) is 0 Å². The van der Waals surface area contributed by atoms with Crippen LogP contribution in [0.2, 0.25) is 0 Å². The van der Waals surface area contributed by atoms with Crippen molar-refractivity contribution in [1.82, 2.24) is 10.2 Å². The number of urea groups is 1. The maximum Gasteiger partial charge on any atom is 0.317 e. The van der Waals surface area contributed by atoms with Crippen molar-refractivity contribution >= 4 is 23.2 Å². The topological polar surface area (TPSA) is 58.4 Å². The van der Waals surface area contributed by atoms with Crippen molar-refractivity contribution in [2.24, 2.45) is 5.73 Å². The van der Waals surface area contributed by atoms with Crippen LogP contribution in [0.25, 0.3) is 0 Å². The molecule has 4 nitrogen and oxygen atoms in total. The zero-order valence-corrected chi connectivity index (χ0v) is 8.44. The predicted molar refractivity (Wildman–Crippen MR) is 53.1 cm³/mol. The van der Waals surface area contributed by atoms with Gasteiger partial charge < -0.3 is 16.0 Å². The quantitative estimate of drug-likeness (QED) is 0.629. The highest BCUT2D eigenvalue weighted by Crippen LogP contribution is 1.97. The number of hydrogen-bond acceptors (Lipinski definition) is 2. The van der Waals surface area contributed by atoms with Gasteiger partial charge in [-0.05, 0) is 13.8 Å². The van der Waals surface area contributed by atoms with Crippen molar-refractivity contribution in [3.05, 3.63) is 0 Å². The molecule has 0 aliphatic heterocycles. The van der Waals surface area contributed by atoms with Gasteiger partial charge in [-0.1, -0.05) is 12.2 Å². The third-order valence-corrected chi connectivity index (χ3v) is 1.55. The normalized spacial score (nSPS) is 9.67. The first kappa shape index (κ1) is 11.2. The number of hydrogen-bond donors (Lipinski definition) is 2. The summed E-state index contributed by atoms with van der Waals surface area (Å²) in [6.45, 7) is 4.15. The molecule has 0 aromatic rings. The lowest BCUT2D eigenvalue weighted by atomic mass is 10.3. The molecule has 2 amide bonds. The summed E-state index contributed by atoms with van der Waals surface area (Å²) in [5.41, 5.74) is 5.33. The summed E-state index contributed by atoms with van der Waals surface area (Å²) in [5.74, 6) is 0. The molecule has 0 spiro atoms. The lowest BCUT2D eigenvalue weighted by Gasteiger charge is -2.25. The summed E-state index contributed by atoms with van der Waals surface area (Å²) in [6, 6.07) is -0.0516. The Bertz CT molecular complexity index is 181. The number of rotatable bonds is 3. The van der Waals surface area contributed by atoms with Crippen LogP contribution in [0.4, 0.5) is 4.79 Å². The monoisotopic (exact) mass is 189 g/mol. The van der Waals surface area contributed by atoms with Gasteiger partial charge in [-0.3, -0.25) is 0 Å². The first-order valence-electron chi connectivity index (χ1n) is 3.75. The summed E-state index contributed by atoms with van der Waals surface area (Å²) in [5, 5.41) is 2.52. The van der Waals surface area contributed by atoms with Crippen LogP contribution in [-0.2, 0) is 0 Å². The molecule has 0 heterocycles. The van der Waals surface area contributed by atoms with E-state index < -0.39 is 0 Å². The standard InChI is InChI=1S/C7H15N3OS/c1-5(2)10(4-6(8)12)7(11)9-3/h5H,4H2,1-3H3,(H2,8,12)(H,9,11). The summed E-state index contributed by atoms with van der Waals surface area (Å²) >= 11 is 4.71. The first-order chi connectivity index (χ1) is 5.49. The van der Waals surface area contributed by atoms with Crippen LogP contribution in [0.3, 0.4) is 0 Å². The van der Waals surface area contributed by atoms with Gasteiger partial charge in [0, 0.05) is 13.1 Å². The minimum absolute atomic E-state index is 0.103. The van der Waals surface area contributed by atoms with E-state index in [0.29, 0.717) is 11.5 Å². The van der Waals surface area contributed by atoms with E-state index in [-0.39, 0.29) is 12.1 Å². The van der Waals surface area contributed by atoms with Crippen molar-refractivity contribution in [2.45, 2.75) is 19.9 Å². The van der Waals surface area contributed by atoms with Gasteiger partial charge in [-0.25, -0.2) is 4.79 Å². The molecule has 0 fully saturated rings. The second-order valence-corrected chi connectivity index (χ2v) is 3.27. The summed E-state index contributed by atoms with van der Waals surface area (Å²) < 4.78 is 0. The Morgan fingerprint density at radius 1 is 1.67 bits per heavy atom. The van der Waals surface area contributed by atoms with E-state index in [1.807, 2.05) is 13.8 Å². The second-order valence-electron chi connectivity index (χ2n) is 2.74.